The lowest BCUT2D eigenvalue weighted by molar-refractivity contribution is -0.127. The second-order valence-electron chi connectivity index (χ2n) is 7.54. The van der Waals surface area contributed by atoms with Crippen LogP contribution in [0.4, 0.5) is 16.0 Å². The standard InChI is InChI=1S/C21H25FN4O4/c1-13-7-15(25-20(27)14-8-16(9-14)28-2)10-18(22)19(13)30-17-11-23-21(24-12-17)26-3-5-29-6-4-26/h7,10-12,14,16H,3-6,8-9H2,1-2H3,(H,25,27). The highest BCUT2D eigenvalue weighted by Crippen LogP contribution is 2.33. The molecule has 0 spiro atoms. The van der Waals surface area contributed by atoms with E-state index in [1.54, 1.807) is 20.1 Å². The van der Waals surface area contributed by atoms with Gasteiger partial charge in [-0.15, -0.1) is 0 Å². The van der Waals surface area contributed by atoms with Crippen LogP contribution in [0.1, 0.15) is 18.4 Å². The van der Waals surface area contributed by atoms with Crippen LogP contribution >= 0.6 is 0 Å². The van der Waals surface area contributed by atoms with E-state index in [0.717, 1.165) is 13.1 Å². The Bertz CT molecular complexity index is 873. The molecule has 1 saturated carbocycles. The van der Waals surface area contributed by atoms with Crippen molar-refractivity contribution in [3.63, 3.8) is 0 Å². The summed E-state index contributed by atoms with van der Waals surface area (Å²) in [5.41, 5.74) is 0.966. The summed E-state index contributed by atoms with van der Waals surface area (Å²) in [5.74, 6) is 0.225. The molecule has 2 aliphatic rings. The van der Waals surface area contributed by atoms with Crippen LogP contribution in [0.2, 0.25) is 0 Å². The molecular formula is C21H25FN4O4. The highest BCUT2D eigenvalue weighted by atomic mass is 19.1. The number of carbonyl (C=O) groups is 1. The number of aromatic nitrogens is 2. The number of rotatable bonds is 6. The van der Waals surface area contributed by atoms with Crippen LogP contribution in [0.15, 0.2) is 24.5 Å². The van der Waals surface area contributed by atoms with Gasteiger partial charge < -0.3 is 24.4 Å². The van der Waals surface area contributed by atoms with Crippen molar-refractivity contribution >= 4 is 17.5 Å². The zero-order chi connectivity index (χ0) is 21.1. The van der Waals surface area contributed by atoms with Crippen molar-refractivity contribution in [2.24, 2.45) is 5.92 Å². The van der Waals surface area contributed by atoms with Crippen LogP contribution in [0.5, 0.6) is 11.5 Å². The lowest BCUT2D eigenvalue weighted by Crippen LogP contribution is -2.38. The molecule has 0 atom stereocenters. The second-order valence-corrected chi connectivity index (χ2v) is 7.54. The number of carbonyl (C=O) groups excluding carboxylic acids is 1. The Hall–Kier alpha value is -2.78. The van der Waals surface area contributed by atoms with Gasteiger partial charge in [0.2, 0.25) is 11.9 Å². The van der Waals surface area contributed by atoms with E-state index in [-0.39, 0.29) is 23.7 Å². The molecular weight excluding hydrogens is 391 g/mol. The predicted molar refractivity (Wildman–Crippen MR) is 108 cm³/mol. The third kappa shape index (κ3) is 4.52. The number of methoxy groups -OCH3 is 1. The van der Waals surface area contributed by atoms with Crippen molar-refractivity contribution in [1.82, 2.24) is 9.97 Å². The van der Waals surface area contributed by atoms with E-state index in [1.165, 1.54) is 18.5 Å². The topological polar surface area (TPSA) is 85.8 Å². The van der Waals surface area contributed by atoms with Gasteiger partial charge in [-0.1, -0.05) is 0 Å². The van der Waals surface area contributed by atoms with Crippen LogP contribution in [-0.4, -0.2) is 55.4 Å². The Labute approximate surface area is 174 Å². The number of amides is 1. The van der Waals surface area contributed by atoms with Crippen molar-refractivity contribution in [2.75, 3.05) is 43.6 Å². The quantitative estimate of drug-likeness (QED) is 0.775. The number of benzene rings is 1. The van der Waals surface area contributed by atoms with Crippen LogP contribution in [-0.2, 0) is 14.3 Å². The van der Waals surface area contributed by atoms with Gasteiger partial charge in [-0.2, -0.15) is 0 Å². The SMILES string of the molecule is COC1CC(C(=O)Nc2cc(C)c(Oc3cnc(N4CCOCC4)nc3)c(F)c2)C1. The Morgan fingerprint density at radius 1 is 1.23 bits per heavy atom. The highest BCUT2D eigenvalue weighted by Gasteiger charge is 2.34. The Morgan fingerprint density at radius 3 is 2.57 bits per heavy atom. The Balaban J connectivity index is 1.40. The molecule has 4 rings (SSSR count). The Morgan fingerprint density at radius 2 is 1.93 bits per heavy atom. The van der Waals surface area contributed by atoms with E-state index in [2.05, 4.69) is 15.3 Å². The lowest BCUT2D eigenvalue weighted by Gasteiger charge is -2.32. The average molecular weight is 416 g/mol. The fraction of sp³-hybridized carbons (Fsp3) is 0.476. The van der Waals surface area contributed by atoms with Gasteiger partial charge in [-0.05, 0) is 31.4 Å². The molecule has 30 heavy (non-hydrogen) atoms. The largest absolute Gasteiger partial charge is 0.451 e. The van der Waals surface area contributed by atoms with Crippen LogP contribution in [0.3, 0.4) is 0 Å². The maximum Gasteiger partial charge on any atom is 0.227 e. The summed E-state index contributed by atoms with van der Waals surface area (Å²) in [5, 5.41) is 2.77. The summed E-state index contributed by atoms with van der Waals surface area (Å²) in [7, 11) is 1.64. The summed E-state index contributed by atoms with van der Waals surface area (Å²) in [6.45, 7) is 4.47. The summed E-state index contributed by atoms with van der Waals surface area (Å²) >= 11 is 0. The first-order valence-corrected chi connectivity index (χ1v) is 10.00. The highest BCUT2D eigenvalue weighted by molar-refractivity contribution is 5.93. The molecule has 2 fully saturated rings. The molecule has 8 nitrogen and oxygen atoms in total. The summed E-state index contributed by atoms with van der Waals surface area (Å²) in [6.07, 6.45) is 4.55. The normalized spacial score (nSPS) is 21.1. The monoisotopic (exact) mass is 416 g/mol. The summed E-state index contributed by atoms with van der Waals surface area (Å²) in [6, 6.07) is 2.95. The van der Waals surface area contributed by atoms with Crippen molar-refractivity contribution in [3.8, 4) is 11.5 Å². The van der Waals surface area contributed by atoms with Gasteiger partial charge in [-0.3, -0.25) is 4.79 Å². The zero-order valence-electron chi connectivity index (χ0n) is 17.1. The van der Waals surface area contributed by atoms with Crippen molar-refractivity contribution in [1.29, 1.82) is 0 Å². The van der Waals surface area contributed by atoms with Gasteiger partial charge in [0.25, 0.3) is 0 Å². The molecule has 0 unspecified atom stereocenters. The van der Waals surface area contributed by atoms with E-state index in [0.29, 0.717) is 49.0 Å². The number of ether oxygens (including phenoxy) is 3. The minimum Gasteiger partial charge on any atom is -0.451 e. The third-order valence-corrected chi connectivity index (χ3v) is 5.42. The number of nitrogens with one attached hydrogen (secondary N) is 1. The fourth-order valence-electron chi connectivity index (χ4n) is 3.56. The number of anilines is 2. The first-order valence-electron chi connectivity index (χ1n) is 10.00. The van der Waals surface area contributed by atoms with Gasteiger partial charge in [-0.25, -0.2) is 14.4 Å². The van der Waals surface area contributed by atoms with E-state index >= 15 is 0 Å². The zero-order valence-corrected chi connectivity index (χ0v) is 17.1. The molecule has 2 aromatic rings. The molecule has 160 valence electrons. The molecule has 1 aliphatic carbocycles. The van der Waals surface area contributed by atoms with Crippen molar-refractivity contribution in [3.05, 3.63) is 35.9 Å². The molecule has 1 saturated heterocycles. The number of morpholine rings is 1. The van der Waals surface area contributed by atoms with E-state index < -0.39 is 5.82 Å². The average Bonchev–Trinajstić information content (AvgIpc) is 2.71. The number of nitrogens with zero attached hydrogens (tertiary/aromatic N) is 3. The molecule has 2 heterocycles. The number of hydrogen-bond donors (Lipinski definition) is 1. The number of hydrogen-bond acceptors (Lipinski definition) is 7. The smallest absolute Gasteiger partial charge is 0.227 e. The van der Waals surface area contributed by atoms with Crippen molar-refractivity contribution < 1.29 is 23.4 Å². The fourth-order valence-corrected chi connectivity index (χ4v) is 3.56. The second kappa shape index (κ2) is 8.93. The van der Waals surface area contributed by atoms with Crippen molar-refractivity contribution in [2.45, 2.75) is 25.9 Å². The molecule has 1 aromatic heterocycles. The predicted octanol–water partition coefficient (Wildman–Crippen LogP) is 2.92. The summed E-state index contributed by atoms with van der Waals surface area (Å²) < 4.78 is 30.9. The third-order valence-electron chi connectivity index (χ3n) is 5.42. The van der Waals surface area contributed by atoms with Gasteiger partial charge in [0.15, 0.2) is 17.3 Å². The number of aryl methyl sites for hydroxylation is 1. The number of halogens is 1. The van der Waals surface area contributed by atoms with E-state index in [1.807, 2.05) is 4.90 Å². The molecule has 1 N–H and O–H groups in total. The van der Waals surface area contributed by atoms with Crippen LogP contribution in [0.25, 0.3) is 0 Å². The van der Waals surface area contributed by atoms with Crippen LogP contribution < -0.4 is 15.0 Å². The maximum absolute atomic E-state index is 14.7. The van der Waals surface area contributed by atoms with Gasteiger partial charge in [0.05, 0.1) is 31.7 Å². The van der Waals surface area contributed by atoms with E-state index in [9.17, 15) is 9.18 Å². The lowest BCUT2D eigenvalue weighted by atomic mass is 9.81. The van der Waals surface area contributed by atoms with Gasteiger partial charge >= 0.3 is 0 Å². The molecule has 1 amide bonds. The molecule has 0 radical (unpaired) electrons. The van der Waals surface area contributed by atoms with Crippen LogP contribution in [0, 0.1) is 18.7 Å². The Kier molecular flexibility index (Phi) is 6.10. The minimum atomic E-state index is -0.564. The van der Waals surface area contributed by atoms with E-state index in [4.69, 9.17) is 14.2 Å². The molecule has 9 heteroatoms. The first-order chi connectivity index (χ1) is 14.5. The first kappa shape index (κ1) is 20.5. The van der Waals surface area contributed by atoms with Gasteiger partial charge in [0.1, 0.15) is 0 Å². The molecule has 1 aliphatic heterocycles. The summed E-state index contributed by atoms with van der Waals surface area (Å²) in [4.78, 5) is 22.9. The van der Waals surface area contributed by atoms with Gasteiger partial charge in [0, 0.05) is 37.9 Å². The molecule has 1 aromatic carbocycles. The molecule has 0 bridgehead atoms. The maximum atomic E-state index is 14.7. The minimum absolute atomic E-state index is 0.0822.